The summed E-state index contributed by atoms with van der Waals surface area (Å²) in [6.07, 6.45) is 3.78. The number of hydrogen-bond acceptors (Lipinski definition) is 4. The zero-order valence-electron chi connectivity index (χ0n) is 22.1. The van der Waals surface area contributed by atoms with E-state index in [1.807, 2.05) is 81.4 Å². The topological polar surface area (TPSA) is 58.4 Å². The summed E-state index contributed by atoms with van der Waals surface area (Å²) in [6.45, 7) is 9.57. The number of carbonyl (C=O) groups is 1. The molecule has 1 heterocycles. The fourth-order valence-electron chi connectivity index (χ4n) is 4.58. The van der Waals surface area contributed by atoms with Crippen molar-refractivity contribution in [3.63, 3.8) is 0 Å². The molecular weight excluding hydrogens is 436 g/mol. The molecule has 0 aliphatic carbocycles. The molecule has 0 aliphatic rings. The molecule has 0 saturated heterocycles. The lowest BCUT2D eigenvalue weighted by Gasteiger charge is -2.34. The van der Waals surface area contributed by atoms with Crippen LogP contribution in [0.1, 0.15) is 63.9 Å². The van der Waals surface area contributed by atoms with E-state index in [2.05, 4.69) is 18.7 Å². The summed E-state index contributed by atoms with van der Waals surface area (Å²) in [5, 5.41) is 0.575. The molecule has 2 aromatic carbocycles. The molecule has 0 aliphatic heterocycles. The monoisotopic (exact) mass is 476 g/mol. The van der Waals surface area contributed by atoms with E-state index in [1.54, 1.807) is 4.57 Å². The molecule has 3 aromatic rings. The number of unbranched alkanes of at least 4 members (excludes halogenated alkanes) is 1. The van der Waals surface area contributed by atoms with Gasteiger partial charge >= 0.3 is 0 Å². The summed E-state index contributed by atoms with van der Waals surface area (Å²) in [7, 11) is 4.03. The molecule has 1 amide bonds. The summed E-state index contributed by atoms with van der Waals surface area (Å²) < 4.78 is 1.70. The Morgan fingerprint density at radius 1 is 1.06 bits per heavy atom. The number of amides is 1. The van der Waals surface area contributed by atoms with Crippen LogP contribution in [-0.2, 0) is 4.79 Å². The molecule has 0 radical (unpaired) electrons. The lowest BCUT2D eigenvalue weighted by molar-refractivity contribution is -0.138. The Morgan fingerprint density at radius 3 is 2.46 bits per heavy atom. The van der Waals surface area contributed by atoms with E-state index < -0.39 is 0 Å². The third kappa shape index (κ3) is 6.17. The zero-order chi connectivity index (χ0) is 25.5. The van der Waals surface area contributed by atoms with Gasteiger partial charge in [0.05, 0.1) is 22.6 Å². The van der Waals surface area contributed by atoms with Crippen molar-refractivity contribution in [2.75, 3.05) is 27.2 Å². The number of aryl methyl sites for hydroxylation is 1. The highest BCUT2D eigenvalue weighted by molar-refractivity contribution is 5.80. The molecule has 2 unspecified atom stereocenters. The number of hydrogen-bond donors (Lipinski definition) is 0. The summed E-state index contributed by atoms with van der Waals surface area (Å²) >= 11 is 0. The average Bonchev–Trinajstić information content (AvgIpc) is 2.84. The molecule has 0 N–H and O–H groups in total. The number of benzene rings is 2. The molecule has 35 heavy (non-hydrogen) atoms. The smallest absolute Gasteiger partial charge is 0.266 e. The van der Waals surface area contributed by atoms with E-state index in [9.17, 15) is 9.59 Å². The fourth-order valence-corrected chi connectivity index (χ4v) is 4.58. The second-order valence-electron chi connectivity index (χ2n) is 9.72. The number of para-hydroxylation sites is 1. The highest BCUT2D eigenvalue weighted by atomic mass is 16.2. The van der Waals surface area contributed by atoms with Gasteiger partial charge in [0.1, 0.15) is 5.82 Å². The van der Waals surface area contributed by atoms with Crippen LogP contribution in [0.5, 0.6) is 0 Å². The predicted octanol–water partition coefficient (Wildman–Crippen LogP) is 5.36. The van der Waals surface area contributed by atoms with Gasteiger partial charge in [-0.1, -0.05) is 51.0 Å². The molecule has 0 bridgehead atoms. The third-order valence-electron chi connectivity index (χ3n) is 6.72. The maximum absolute atomic E-state index is 13.9. The SMILES string of the molecule is CCCCC(CC)C(=O)N(CCN(C)C)C(C)c1nc2ccccc2c(=O)n1-c1cccc(C)c1. The summed E-state index contributed by atoms with van der Waals surface area (Å²) in [6, 6.07) is 15.0. The van der Waals surface area contributed by atoms with Crippen LogP contribution in [-0.4, -0.2) is 52.4 Å². The molecule has 3 rings (SSSR count). The number of fused-ring (bicyclic) bond motifs is 1. The molecule has 0 spiro atoms. The number of likely N-dealkylation sites (N-methyl/N-ethyl adjacent to an activating group) is 1. The highest BCUT2D eigenvalue weighted by Gasteiger charge is 2.30. The van der Waals surface area contributed by atoms with Crippen molar-refractivity contribution in [1.82, 2.24) is 19.4 Å². The van der Waals surface area contributed by atoms with Gasteiger partial charge in [-0.2, -0.15) is 0 Å². The normalized spacial score (nSPS) is 13.2. The van der Waals surface area contributed by atoms with Crippen molar-refractivity contribution in [2.45, 2.75) is 59.4 Å². The quantitative estimate of drug-likeness (QED) is 0.374. The van der Waals surface area contributed by atoms with Crippen molar-refractivity contribution in [1.29, 1.82) is 0 Å². The minimum atomic E-state index is -0.365. The van der Waals surface area contributed by atoms with Crippen LogP contribution in [0.15, 0.2) is 53.3 Å². The van der Waals surface area contributed by atoms with E-state index in [0.29, 0.717) is 23.3 Å². The Hall–Kier alpha value is -2.99. The third-order valence-corrected chi connectivity index (χ3v) is 6.72. The molecule has 1 aromatic heterocycles. The Kier molecular flexibility index (Phi) is 9.21. The molecule has 188 valence electrons. The van der Waals surface area contributed by atoms with Gasteiger partial charge in [-0.25, -0.2) is 4.98 Å². The second-order valence-corrected chi connectivity index (χ2v) is 9.72. The van der Waals surface area contributed by atoms with E-state index in [1.165, 1.54) is 0 Å². The van der Waals surface area contributed by atoms with E-state index in [-0.39, 0.29) is 23.4 Å². The summed E-state index contributed by atoms with van der Waals surface area (Å²) in [4.78, 5) is 36.6. The zero-order valence-corrected chi connectivity index (χ0v) is 22.1. The summed E-state index contributed by atoms with van der Waals surface area (Å²) in [5.74, 6) is 0.712. The maximum Gasteiger partial charge on any atom is 0.266 e. The van der Waals surface area contributed by atoms with Gasteiger partial charge in [0, 0.05) is 19.0 Å². The van der Waals surface area contributed by atoms with Crippen LogP contribution in [0, 0.1) is 12.8 Å². The number of carbonyl (C=O) groups excluding carboxylic acids is 1. The van der Waals surface area contributed by atoms with Crippen molar-refractivity contribution < 1.29 is 4.79 Å². The molecule has 0 saturated carbocycles. The van der Waals surface area contributed by atoms with Crippen molar-refractivity contribution in [2.24, 2.45) is 5.92 Å². The minimum Gasteiger partial charge on any atom is -0.331 e. The van der Waals surface area contributed by atoms with Crippen molar-refractivity contribution in [3.05, 3.63) is 70.3 Å². The standard InChI is InChI=1S/C29H40N4O2/c1-7-9-14-23(8-2)28(34)32(19-18-31(5)6)22(4)27-30-26-17-11-10-16-25(26)29(35)33(27)24-15-12-13-21(3)20-24/h10-13,15-17,20,22-23H,7-9,14,18-19H2,1-6H3. The van der Waals surface area contributed by atoms with Crippen LogP contribution < -0.4 is 5.56 Å². The first-order valence-electron chi connectivity index (χ1n) is 12.8. The molecular formula is C29H40N4O2. The van der Waals surface area contributed by atoms with Crippen molar-refractivity contribution >= 4 is 16.8 Å². The Bertz CT molecular complexity index is 1200. The molecule has 2 atom stereocenters. The van der Waals surface area contributed by atoms with Crippen LogP contribution in [0.25, 0.3) is 16.6 Å². The van der Waals surface area contributed by atoms with Crippen LogP contribution in [0.2, 0.25) is 0 Å². The average molecular weight is 477 g/mol. The van der Waals surface area contributed by atoms with Crippen LogP contribution >= 0.6 is 0 Å². The number of nitrogens with zero attached hydrogens (tertiary/aromatic N) is 4. The van der Waals surface area contributed by atoms with E-state index >= 15 is 0 Å². The van der Waals surface area contributed by atoms with Gasteiger partial charge in [0.25, 0.3) is 5.56 Å². The van der Waals surface area contributed by atoms with Gasteiger partial charge in [-0.05, 0) is 70.6 Å². The Labute approximate surface area is 209 Å². The summed E-state index contributed by atoms with van der Waals surface area (Å²) in [5.41, 5.74) is 2.38. The van der Waals surface area contributed by atoms with E-state index in [0.717, 1.165) is 43.5 Å². The molecule has 0 fully saturated rings. The second kappa shape index (κ2) is 12.1. The van der Waals surface area contributed by atoms with Crippen LogP contribution in [0.4, 0.5) is 0 Å². The molecule has 6 nitrogen and oxygen atoms in total. The number of rotatable bonds is 11. The maximum atomic E-state index is 13.9. The van der Waals surface area contributed by atoms with E-state index in [4.69, 9.17) is 4.98 Å². The van der Waals surface area contributed by atoms with Gasteiger partial charge in [-0.15, -0.1) is 0 Å². The Morgan fingerprint density at radius 2 is 1.80 bits per heavy atom. The Balaban J connectivity index is 2.18. The van der Waals surface area contributed by atoms with Gasteiger partial charge < -0.3 is 9.80 Å². The van der Waals surface area contributed by atoms with Gasteiger partial charge in [0.15, 0.2) is 0 Å². The van der Waals surface area contributed by atoms with Gasteiger partial charge in [-0.3, -0.25) is 14.2 Å². The van der Waals surface area contributed by atoms with Gasteiger partial charge in [0.2, 0.25) is 5.91 Å². The minimum absolute atomic E-state index is 0.0286. The molecule has 6 heteroatoms. The lowest BCUT2D eigenvalue weighted by Crippen LogP contribution is -2.43. The lowest BCUT2D eigenvalue weighted by atomic mass is 9.97. The number of aromatic nitrogens is 2. The van der Waals surface area contributed by atoms with Crippen LogP contribution in [0.3, 0.4) is 0 Å². The fraction of sp³-hybridized carbons (Fsp3) is 0.483. The first-order valence-corrected chi connectivity index (χ1v) is 12.8. The van der Waals surface area contributed by atoms with Crippen molar-refractivity contribution in [3.8, 4) is 5.69 Å². The first-order chi connectivity index (χ1) is 16.8. The first kappa shape index (κ1) is 26.6. The predicted molar refractivity (Wildman–Crippen MR) is 144 cm³/mol. The largest absolute Gasteiger partial charge is 0.331 e. The highest BCUT2D eigenvalue weighted by Crippen LogP contribution is 2.26.